The van der Waals surface area contributed by atoms with Crippen molar-refractivity contribution in [3.05, 3.63) is 0 Å². The third-order valence-corrected chi connectivity index (χ3v) is 3.02. The van der Waals surface area contributed by atoms with Crippen molar-refractivity contribution in [1.29, 1.82) is 0 Å². The van der Waals surface area contributed by atoms with Crippen LogP contribution in [0.4, 0.5) is 0 Å². The van der Waals surface area contributed by atoms with Crippen LogP contribution >= 0.6 is 11.8 Å². The first kappa shape index (κ1) is 9.47. The maximum atomic E-state index is 11.2. The lowest BCUT2D eigenvalue weighted by atomic mass is 10.3. The largest absolute Gasteiger partial charge is 0.480 e. The minimum Gasteiger partial charge on any atom is -0.480 e. The summed E-state index contributed by atoms with van der Waals surface area (Å²) in [5, 5.41) is 19.6. The summed E-state index contributed by atoms with van der Waals surface area (Å²) in [6, 6.07) is -1.25. The van der Waals surface area contributed by atoms with Crippen LogP contribution in [0.2, 0.25) is 0 Å². The Morgan fingerprint density at radius 1 is 1.60 bits per heavy atom. The molecule has 0 aliphatic heterocycles. The highest BCUT2D eigenvalue weighted by Crippen LogP contribution is 2.14. The minimum absolute atomic E-state index is 0.00641. The van der Waals surface area contributed by atoms with Crippen molar-refractivity contribution in [3.8, 4) is 0 Å². The van der Waals surface area contributed by atoms with Crippen LogP contribution in [0.5, 0.6) is 0 Å². The lowest BCUT2D eigenvalue weighted by Crippen LogP contribution is -2.41. The van der Waals surface area contributed by atoms with Gasteiger partial charge in [-0.2, -0.15) is 11.8 Å². The van der Waals surface area contributed by atoms with E-state index in [-0.39, 0.29) is 17.6 Å². The molecule has 88 valence electrons. The maximum Gasteiger partial charge on any atom is 0.327 e. The summed E-state index contributed by atoms with van der Waals surface area (Å²) in [5.74, 6) is -2.50. The van der Waals surface area contributed by atoms with Crippen molar-refractivity contribution < 1.29 is 23.9 Å². The molecule has 0 aromatic rings. The number of nitrogens with one attached hydrogen (secondary N) is 1. The van der Waals surface area contributed by atoms with E-state index in [1.165, 1.54) is 11.8 Å². The molecule has 0 aromatic heterocycles. The van der Waals surface area contributed by atoms with Gasteiger partial charge in [0.2, 0.25) is 5.91 Å². The summed E-state index contributed by atoms with van der Waals surface area (Å²) in [4.78, 5) is 22.0. The van der Waals surface area contributed by atoms with E-state index in [9.17, 15) is 9.59 Å². The number of carbonyl (C=O) groups excluding carboxylic acids is 1. The molecule has 0 heterocycles. The molecule has 0 aliphatic carbocycles. The Hall–Kier alpha value is -0.750. The molecule has 0 bridgehead atoms. The Kier molecular flexibility index (Phi) is 4.76. The van der Waals surface area contributed by atoms with E-state index in [1.807, 2.05) is 12.2 Å². The molecule has 0 fully saturated rings. The monoisotopic (exact) mass is 238 g/mol. The average Bonchev–Trinajstić information content (AvgIpc) is 2.22. The fraction of sp³-hybridized carbons (Fsp3) is 0.778. The van der Waals surface area contributed by atoms with Gasteiger partial charge in [-0.05, 0) is 6.42 Å². The zero-order valence-corrected chi connectivity index (χ0v) is 9.21. The summed E-state index contributed by atoms with van der Waals surface area (Å²) in [5.41, 5.74) is 0. The molecule has 0 radical (unpaired) electrons. The van der Waals surface area contributed by atoms with Gasteiger partial charge in [-0.1, -0.05) is 6.92 Å². The lowest BCUT2D eigenvalue weighted by molar-refractivity contribution is -0.140. The quantitative estimate of drug-likeness (QED) is 0.585. The standard InChI is InChI=1S/C9H17NO4S/c1-6(3-4-11)15-5-8(9(13)14)10-7(2)12/h6,8,11H,3-5H2,1-2H3,(H,10,12)(H,13,14)/i2D3. The van der Waals surface area contributed by atoms with Crippen molar-refractivity contribution in [2.45, 2.75) is 31.5 Å². The van der Waals surface area contributed by atoms with Gasteiger partial charge in [0.1, 0.15) is 6.04 Å². The van der Waals surface area contributed by atoms with Gasteiger partial charge in [0, 0.05) is 28.6 Å². The van der Waals surface area contributed by atoms with E-state index in [0.29, 0.717) is 6.42 Å². The van der Waals surface area contributed by atoms with Crippen molar-refractivity contribution in [3.63, 3.8) is 0 Å². The topological polar surface area (TPSA) is 86.6 Å². The summed E-state index contributed by atoms with van der Waals surface area (Å²) < 4.78 is 20.5. The van der Waals surface area contributed by atoms with Crippen LogP contribution in [-0.4, -0.2) is 45.7 Å². The van der Waals surface area contributed by atoms with Crippen LogP contribution in [0, 0.1) is 0 Å². The van der Waals surface area contributed by atoms with Gasteiger partial charge in [0.05, 0.1) is 0 Å². The zero-order valence-electron chi connectivity index (χ0n) is 11.4. The predicted molar refractivity (Wildman–Crippen MR) is 58.9 cm³/mol. The molecule has 0 aliphatic rings. The van der Waals surface area contributed by atoms with E-state index < -0.39 is 24.8 Å². The number of carboxylic acid groups (broad SMARTS) is 1. The normalized spacial score (nSPS) is 18.1. The lowest BCUT2D eigenvalue weighted by Gasteiger charge is -2.15. The molecule has 0 saturated carbocycles. The second-order valence-electron chi connectivity index (χ2n) is 3.02. The predicted octanol–water partition coefficient (Wildman–Crippen LogP) is 0.0798. The number of amides is 1. The number of aliphatic carboxylic acids is 1. The van der Waals surface area contributed by atoms with Crippen LogP contribution < -0.4 is 5.32 Å². The number of carbonyl (C=O) groups is 2. The third kappa shape index (κ3) is 7.21. The number of rotatable bonds is 7. The fourth-order valence-electron chi connectivity index (χ4n) is 0.859. The van der Waals surface area contributed by atoms with E-state index in [1.54, 1.807) is 0 Å². The Bertz CT molecular complexity index is 298. The second kappa shape index (κ2) is 7.53. The molecule has 0 aromatic carbocycles. The number of hydrogen-bond acceptors (Lipinski definition) is 4. The third-order valence-electron chi connectivity index (χ3n) is 1.69. The van der Waals surface area contributed by atoms with Crippen molar-refractivity contribution in [1.82, 2.24) is 5.32 Å². The molecule has 1 amide bonds. The van der Waals surface area contributed by atoms with Crippen LogP contribution in [0.15, 0.2) is 0 Å². The summed E-state index contributed by atoms with van der Waals surface area (Å²) in [7, 11) is 0. The highest BCUT2D eigenvalue weighted by atomic mass is 32.2. The molecule has 2 unspecified atom stereocenters. The minimum atomic E-state index is -2.85. The highest BCUT2D eigenvalue weighted by Gasteiger charge is 2.19. The Balaban J connectivity index is 4.33. The molecule has 0 spiro atoms. The molecule has 2 atom stereocenters. The Morgan fingerprint density at radius 3 is 2.73 bits per heavy atom. The van der Waals surface area contributed by atoms with E-state index in [4.69, 9.17) is 14.3 Å². The molecule has 15 heavy (non-hydrogen) atoms. The first-order chi connectivity index (χ1) is 8.18. The first-order valence-electron chi connectivity index (χ1n) is 5.94. The van der Waals surface area contributed by atoms with E-state index in [2.05, 4.69) is 0 Å². The van der Waals surface area contributed by atoms with Gasteiger partial charge in [-0.15, -0.1) is 0 Å². The molecule has 6 heteroatoms. The molecule has 3 N–H and O–H groups in total. The summed E-state index contributed by atoms with van der Waals surface area (Å²) >= 11 is 1.25. The van der Waals surface area contributed by atoms with Crippen LogP contribution in [0.3, 0.4) is 0 Å². The van der Waals surface area contributed by atoms with Crippen molar-refractivity contribution >= 4 is 23.6 Å². The van der Waals surface area contributed by atoms with Gasteiger partial charge in [-0.25, -0.2) is 4.79 Å². The number of carboxylic acids is 1. The number of hydrogen-bond donors (Lipinski definition) is 3. The van der Waals surface area contributed by atoms with Gasteiger partial charge in [0.25, 0.3) is 0 Å². The molecular weight excluding hydrogens is 218 g/mol. The summed E-state index contributed by atoms with van der Waals surface area (Å²) in [6.45, 7) is -1.05. The van der Waals surface area contributed by atoms with Gasteiger partial charge >= 0.3 is 5.97 Å². The highest BCUT2D eigenvalue weighted by molar-refractivity contribution is 7.99. The van der Waals surface area contributed by atoms with Crippen molar-refractivity contribution in [2.24, 2.45) is 0 Å². The number of aliphatic hydroxyl groups excluding tert-OH is 1. The first-order valence-corrected chi connectivity index (χ1v) is 5.49. The van der Waals surface area contributed by atoms with Crippen LogP contribution in [-0.2, 0) is 9.59 Å². The Labute approximate surface area is 97.5 Å². The SMILES string of the molecule is [2H]C([2H])([2H])C(=O)NC(CSC(C)CCO)C(=O)O. The number of thioether (sulfide) groups is 1. The maximum absolute atomic E-state index is 11.2. The molecule has 0 rings (SSSR count). The molecule has 5 nitrogen and oxygen atoms in total. The van der Waals surface area contributed by atoms with E-state index in [0.717, 1.165) is 0 Å². The van der Waals surface area contributed by atoms with Crippen LogP contribution in [0.1, 0.15) is 24.3 Å². The zero-order chi connectivity index (χ0) is 14.3. The summed E-state index contributed by atoms with van der Waals surface area (Å²) in [6.07, 6.45) is 0.504. The van der Waals surface area contributed by atoms with Crippen molar-refractivity contribution in [2.75, 3.05) is 12.4 Å². The average molecular weight is 238 g/mol. The van der Waals surface area contributed by atoms with Gasteiger partial charge in [-0.3, -0.25) is 4.79 Å². The van der Waals surface area contributed by atoms with Gasteiger partial charge in [0.15, 0.2) is 0 Å². The van der Waals surface area contributed by atoms with Gasteiger partial charge < -0.3 is 15.5 Å². The molecular formula is C9H17NO4S. The molecule has 0 saturated heterocycles. The van der Waals surface area contributed by atoms with Crippen LogP contribution in [0.25, 0.3) is 0 Å². The number of aliphatic hydroxyl groups is 1. The smallest absolute Gasteiger partial charge is 0.327 e. The second-order valence-corrected chi connectivity index (χ2v) is 4.49. The van der Waals surface area contributed by atoms with E-state index >= 15 is 0 Å². The Morgan fingerprint density at radius 2 is 2.27 bits per heavy atom. The fourth-order valence-corrected chi connectivity index (χ4v) is 1.88.